The van der Waals surface area contributed by atoms with Crippen molar-refractivity contribution in [2.24, 2.45) is 5.73 Å². The molecule has 5 nitrogen and oxygen atoms in total. The van der Waals surface area contributed by atoms with Crippen molar-refractivity contribution in [2.75, 3.05) is 11.9 Å². The molecule has 140 valence electrons. The first kappa shape index (κ1) is 20.2. The van der Waals surface area contributed by atoms with Gasteiger partial charge in [-0.25, -0.2) is 0 Å². The molecule has 3 aromatic carbocycles. The minimum absolute atomic E-state index is 0.0550. The Balaban J connectivity index is 0.000000817. The first-order valence-corrected chi connectivity index (χ1v) is 8.92. The molecule has 0 heterocycles. The fourth-order valence-corrected chi connectivity index (χ4v) is 2.90. The number of hydrogen-bond acceptors (Lipinski definition) is 4. The van der Waals surface area contributed by atoms with Crippen LogP contribution in [-0.4, -0.2) is 28.6 Å². The number of nitrogens with zero attached hydrogens (tertiary/aromatic N) is 1. The molecule has 0 saturated heterocycles. The highest BCUT2D eigenvalue weighted by Gasteiger charge is 2.17. The molecule has 0 fully saturated rings. The van der Waals surface area contributed by atoms with Gasteiger partial charge < -0.3 is 20.8 Å². The van der Waals surface area contributed by atoms with Crippen LogP contribution < -0.4 is 10.6 Å². The standard InChI is InChI=1S/C20H20N2O2.CH3NS/c1-3-13-11-16(19(24)12-18(13)23)20(21)22(2)17-10-6-8-14-7-4-5-9-15(14)17;2-1-3/h4-12,21,23-24H,3H2,1-2H3;1H,(H2,2,3). The largest absolute Gasteiger partial charge is 0.508 e. The second kappa shape index (κ2) is 9.00. The van der Waals surface area contributed by atoms with Gasteiger partial charge >= 0.3 is 0 Å². The Morgan fingerprint density at radius 3 is 2.41 bits per heavy atom. The fourth-order valence-electron chi connectivity index (χ4n) is 2.90. The lowest BCUT2D eigenvalue weighted by Gasteiger charge is -2.23. The lowest BCUT2D eigenvalue weighted by molar-refractivity contribution is 0.445. The summed E-state index contributed by atoms with van der Waals surface area (Å²) in [6.45, 7) is 1.92. The van der Waals surface area contributed by atoms with E-state index in [1.807, 2.05) is 56.4 Å². The molecule has 6 heteroatoms. The first-order valence-electron chi connectivity index (χ1n) is 8.45. The van der Waals surface area contributed by atoms with Crippen LogP contribution in [0.3, 0.4) is 0 Å². The van der Waals surface area contributed by atoms with Gasteiger partial charge in [-0.2, -0.15) is 0 Å². The van der Waals surface area contributed by atoms with E-state index >= 15 is 0 Å². The van der Waals surface area contributed by atoms with E-state index in [2.05, 4.69) is 18.0 Å². The molecule has 0 saturated carbocycles. The van der Waals surface area contributed by atoms with Crippen LogP contribution in [0.25, 0.3) is 10.8 Å². The molecule has 0 radical (unpaired) electrons. The third-order valence-electron chi connectivity index (χ3n) is 4.30. The number of hydrogen-bond donors (Lipinski definition) is 4. The van der Waals surface area contributed by atoms with E-state index in [4.69, 9.17) is 5.41 Å². The monoisotopic (exact) mass is 381 g/mol. The van der Waals surface area contributed by atoms with E-state index in [9.17, 15) is 10.2 Å². The summed E-state index contributed by atoms with van der Waals surface area (Å²) < 4.78 is 0. The number of phenolic OH excluding ortho intramolecular Hbond substituents is 2. The summed E-state index contributed by atoms with van der Waals surface area (Å²) in [5.74, 6) is 0.139. The van der Waals surface area contributed by atoms with Crippen molar-refractivity contribution in [3.05, 3.63) is 65.7 Å². The summed E-state index contributed by atoms with van der Waals surface area (Å²) in [4.78, 5) is 1.74. The molecular formula is C21H23N3O2S. The second-order valence-electron chi connectivity index (χ2n) is 5.89. The molecule has 27 heavy (non-hydrogen) atoms. The van der Waals surface area contributed by atoms with Crippen molar-refractivity contribution in [1.82, 2.24) is 0 Å². The lowest BCUT2D eigenvalue weighted by atomic mass is 10.0. The Kier molecular flexibility index (Phi) is 6.73. The number of thiocarbonyl (C=S) groups is 1. The molecule has 0 aliphatic rings. The number of anilines is 1. The maximum Gasteiger partial charge on any atom is 0.136 e. The number of rotatable bonds is 3. The predicted octanol–water partition coefficient (Wildman–Crippen LogP) is 4.18. The van der Waals surface area contributed by atoms with E-state index in [0.29, 0.717) is 17.5 Å². The highest BCUT2D eigenvalue weighted by atomic mass is 32.1. The zero-order chi connectivity index (χ0) is 20.0. The minimum Gasteiger partial charge on any atom is -0.508 e. The summed E-state index contributed by atoms with van der Waals surface area (Å²) >= 11 is 4.05. The first-order chi connectivity index (χ1) is 12.9. The quantitative estimate of drug-likeness (QED) is 0.310. The van der Waals surface area contributed by atoms with Crippen LogP contribution >= 0.6 is 12.2 Å². The van der Waals surface area contributed by atoms with Crippen LogP contribution in [0.2, 0.25) is 0 Å². The summed E-state index contributed by atoms with van der Waals surface area (Å²) in [6.07, 6.45) is 0.629. The summed E-state index contributed by atoms with van der Waals surface area (Å²) in [5.41, 5.74) is 7.62. The zero-order valence-electron chi connectivity index (χ0n) is 15.3. The normalized spacial score (nSPS) is 10.0. The highest BCUT2D eigenvalue weighted by Crippen LogP contribution is 2.31. The van der Waals surface area contributed by atoms with Crippen LogP contribution in [0.5, 0.6) is 11.5 Å². The molecule has 0 aliphatic heterocycles. The van der Waals surface area contributed by atoms with E-state index in [1.165, 1.54) is 6.07 Å². The average molecular weight is 382 g/mol. The number of amidine groups is 1. The Labute approximate surface area is 164 Å². The Morgan fingerprint density at radius 1 is 1.11 bits per heavy atom. The van der Waals surface area contributed by atoms with Crippen molar-refractivity contribution < 1.29 is 10.2 Å². The molecule has 0 amide bonds. The Hall–Kier alpha value is -3.12. The summed E-state index contributed by atoms with van der Waals surface area (Å²) in [6, 6.07) is 16.9. The maximum absolute atomic E-state index is 10.2. The summed E-state index contributed by atoms with van der Waals surface area (Å²) in [7, 11) is 1.81. The molecule has 5 N–H and O–H groups in total. The number of fused-ring (bicyclic) bond motifs is 1. The number of nitrogens with two attached hydrogens (primary N) is 1. The molecule has 0 bridgehead atoms. The third kappa shape index (κ3) is 4.35. The molecule has 0 spiro atoms. The molecule has 3 rings (SSSR count). The molecule has 0 atom stereocenters. The van der Waals surface area contributed by atoms with Gasteiger partial charge in [-0.3, -0.25) is 5.41 Å². The van der Waals surface area contributed by atoms with Crippen molar-refractivity contribution >= 4 is 40.0 Å². The van der Waals surface area contributed by atoms with E-state index in [0.717, 1.165) is 22.0 Å². The third-order valence-corrected chi connectivity index (χ3v) is 4.30. The molecule has 0 aliphatic carbocycles. The topological polar surface area (TPSA) is 93.6 Å². The molecule has 0 unspecified atom stereocenters. The van der Waals surface area contributed by atoms with Crippen LogP contribution in [-0.2, 0) is 6.42 Å². The molecule has 3 aromatic rings. The maximum atomic E-state index is 10.2. The lowest BCUT2D eigenvalue weighted by Crippen LogP contribution is -2.26. The number of aromatic hydroxyl groups is 2. The Bertz CT molecular complexity index is 968. The van der Waals surface area contributed by atoms with Crippen LogP contribution in [0.4, 0.5) is 5.69 Å². The van der Waals surface area contributed by atoms with Crippen LogP contribution in [0, 0.1) is 5.41 Å². The molecular weight excluding hydrogens is 358 g/mol. The average Bonchev–Trinajstić information content (AvgIpc) is 2.67. The SMILES string of the molecule is CCc1cc(C(=N)N(C)c2cccc3ccccc23)c(O)cc1O.NC=S. The van der Waals surface area contributed by atoms with Gasteiger partial charge in [0, 0.05) is 24.2 Å². The zero-order valence-corrected chi connectivity index (χ0v) is 16.1. The van der Waals surface area contributed by atoms with Crippen molar-refractivity contribution in [2.45, 2.75) is 13.3 Å². The van der Waals surface area contributed by atoms with Gasteiger partial charge in [0.05, 0.1) is 11.1 Å². The van der Waals surface area contributed by atoms with E-state index < -0.39 is 0 Å². The van der Waals surface area contributed by atoms with Gasteiger partial charge in [-0.15, -0.1) is 0 Å². The van der Waals surface area contributed by atoms with Gasteiger partial charge in [-0.1, -0.05) is 55.5 Å². The number of nitrogens with one attached hydrogen (secondary N) is 1. The highest BCUT2D eigenvalue weighted by molar-refractivity contribution is 7.78. The van der Waals surface area contributed by atoms with Gasteiger partial charge in [0.25, 0.3) is 0 Å². The summed E-state index contributed by atoms with van der Waals surface area (Å²) in [5, 5.41) is 30.7. The number of aryl methyl sites for hydroxylation is 1. The van der Waals surface area contributed by atoms with Gasteiger partial charge in [0.2, 0.25) is 0 Å². The van der Waals surface area contributed by atoms with Crippen molar-refractivity contribution in [3.63, 3.8) is 0 Å². The van der Waals surface area contributed by atoms with E-state index in [1.54, 1.807) is 11.0 Å². The number of benzene rings is 3. The van der Waals surface area contributed by atoms with Crippen molar-refractivity contribution in [3.8, 4) is 11.5 Å². The smallest absolute Gasteiger partial charge is 0.136 e. The van der Waals surface area contributed by atoms with Crippen LogP contribution in [0.15, 0.2) is 54.6 Å². The van der Waals surface area contributed by atoms with Crippen molar-refractivity contribution in [1.29, 1.82) is 5.41 Å². The van der Waals surface area contributed by atoms with E-state index in [-0.39, 0.29) is 17.3 Å². The number of phenols is 2. The van der Waals surface area contributed by atoms with Gasteiger partial charge in [0.15, 0.2) is 0 Å². The molecule has 0 aromatic heterocycles. The Morgan fingerprint density at radius 2 is 1.74 bits per heavy atom. The van der Waals surface area contributed by atoms with Gasteiger partial charge in [0.1, 0.15) is 17.3 Å². The van der Waals surface area contributed by atoms with Crippen LogP contribution in [0.1, 0.15) is 18.1 Å². The predicted molar refractivity (Wildman–Crippen MR) is 116 cm³/mol. The second-order valence-corrected chi connectivity index (χ2v) is 6.17. The minimum atomic E-state index is -0.0956. The van der Waals surface area contributed by atoms with Gasteiger partial charge in [-0.05, 0) is 29.5 Å². The fraction of sp³-hybridized carbons (Fsp3) is 0.143.